The van der Waals surface area contributed by atoms with Crippen LogP contribution in [0.25, 0.3) is 0 Å². The van der Waals surface area contributed by atoms with E-state index in [1.54, 1.807) is 43.3 Å². The lowest BCUT2D eigenvalue weighted by Gasteiger charge is -2.31. The van der Waals surface area contributed by atoms with Crippen LogP contribution in [0.1, 0.15) is 38.3 Å². The molecule has 2 rings (SSSR count). The normalized spacial score (nSPS) is 13.4. The van der Waals surface area contributed by atoms with Crippen molar-refractivity contribution in [2.75, 3.05) is 13.6 Å². The molecule has 180 valence electrons. The highest BCUT2D eigenvalue weighted by atomic mass is 35.5. The Hall–Kier alpha value is -2.42. The number of nitrogens with one attached hydrogen (secondary N) is 1. The predicted octanol–water partition coefficient (Wildman–Crippen LogP) is 3.60. The minimum absolute atomic E-state index is 0.0485. The zero-order chi connectivity index (χ0) is 24.8. The van der Waals surface area contributed by atoms with Crippen molar-refractivity contribution in [3.05, 3.63) is 64.7 Å². The van der Waals surface area contributed by atoms with E-state index in [-0.39, 0.29) is 23.4 Å². The number of hydrogen-bond acceptors (Lipinski definition) is 4. The highest BCUT2D eigenvalue weighted by molar-refractivity contribution is 7.89. The van der Waals surface area contributed by atoms with Gasteiger partial charge in [-0.1, -0.05) is 48.4 Å². The second-order valence-corrected chi connectivity index (χ2v) is 10.7. The van der Waals surface area contributed by atoms with Crippen LogP contribution in [-0.4, -0.2) is 55.1 Å². The summed E-state index contributed by atoms with van der Waals surface area (Å²) in [6.07, 6.45) is 0.748. The first kappa shape index (κ1) is 26.8. The van der Waals surface area contributed by atoms with E-state index in [0.717, 1.165) is 21.9 Å². The molecule has 2 amide bonds. The van der Waals surface area contributed by atoms with Gasteiger partial charge in [0.25, 0.3) is 0 Å². The maximum Gasteiger partial charge on any atom is 0.243 e. The number of sulfonamides is 1. The lowest BCUT2D eigenvalue weighted by molar-refractivity contribution is -0.140. The zero-order valence-corrected chi connectivity index (χ0v) is 21.3. The van der Waals surface area contributed by atoms with Gasteiger partial charge in [0, 0.05) is 24.7 Å². The summed E-state index contributed by atoms with van der Waals surface area (Å²) in [5, 5.41) is 3.40. The first-order chi connectivity index (χ1) is 15.4. The largest absolute Gasteiger partial charge is 0.352 e. The number of amides is 2. The lowest BCUT2D eigenvalue weighted by Crippen LogP contribution is -2.51. The number of likely N-dealkylation sites (N-methyl/N-ethyl adjacent to an activating group) is 1. The monoisotopic (exact) mass is 493 g/mol. The Morgan fingerprint density at radius 1 is 1.09 bits per heavy atom. The van der Waals surface area contributed by atoms with Gasteiger partial charge < -0.3 is 10.2 Å². The number of carbonyl (C=O) groups is 2. The summed E-state index contributed by atoms with van der Waals surface area (Å²) in [6.45, 7) is 7.05. The maximum absolute atomic E-state index is 13.3. The third kappa shape index (κ3) is 7.28. The van der Waals surface area contributed by atoms with Crippen molar-refractivity contribution in [1.82, 2.24) is 14.5 Å². The summed E-state index contributed by atoms with van der Waals surface area (Å²) in [6, 6.07) is 12.6. The van der Waals surface area contributed by atoms with Crippen molar-refractivity contribution in [3.8, 4) is 0 Å². The van der Waals surface area contributed by atoms with Gasteiger partial charge in [-0.15, -0.1) is 0 Å². The van der Waals surface area contributed by atoms with Gasteiger partial charge in [-0.3, -0.25) is 9.59 Å². The van der Waals surface area contributed by atoms with E-state index in [4.69, 9.17) is 11.6 Å². The molecule has 0 bridgehead atoms. The van der Waals surface area contributed by atoms with Crippen LogP contribution in [0.4, 0.5) is 0 Å². The Morgan fingerprint density at radius 2 is 1.73 bits per heavy atom. The molecule has 0 aliphatic heterocycles. The summed E-state index contributed by atoms with van der Waals surface area (Å²) >= 11 is 6.09. The number of halogens is 1. The number of carbonyl (C=O) groups excluding carboxylic acids is 2. The summed E-state index contributed by atoms with van der Waals surface area (Å²) in [7, 11) is -2.51. The summed E-state index contributed by atoms with van der Waals surface area (Å²) < 4.78 is 26.9. The van der Waals surface area contributed by atoms with Crippen molar-refractivity contribution in [2.24, 2.45) is 0 Å². The molecule has 9 heteroatoms. The van der Waals surface area contributed by atoms with Crippen LogP contribution >= 0.6 is 11.6 Å². The fraction of sp³-hybridized carbons (Fsp3) is 0.417. The molecule has 0 unspecified atom stereocenters. The molecule has 2 atom stereocenters. The van der Waals surface area contributed by atoms with Crippen LogP contribution in [-0.2, 0) is 26.2 Å². The molecule has 0 aliphatic carbocycles. The molecule has 33 heavy (non-hydrogen) atoms. The average molecular weight is 494 g/mol. The van der Waals surface area contributed by atoms with Gasteiger partial charge in [-0.05, 0) is 57.0 Å². The van der Waals surface area contributed by atoms with Crippen LogP contribution in [0.15, 0.2) is 53.4 Å². The van der Waals surface area contributed by atoms with Gasteiger partial charge >= 0.3 is 0 Å². The van der Waals surface area contributed by atoms with E-state index in [1.807, 2.05) is 20.8 Å². The van der Waals surface area contributed by atoms with Gasteiger partial charge in [0.15, 0.2) is 0 Å². The van der Waals surface area contributed by atoms with Crippen molar-refractivity contribution < 1.29 is 18.0 Å². The quantitative estimate of drug-likeness (QED) is 0.547. The fourth-order valence-corrected chi connectivity index (χ4v) is 4.47. The summed E-state index contributed by atoms with van der Waals surface area (Å²) in [4.78, 5) is 27.6. The van der Waals surface area contributed by atoms with Gasteiger partial charge in [0.05, 0.1) is 11.4 Å². The van der Waals surface area contributed by atoms with E-state index >= 15 is 0 Å². The van der Waals surface area contributed by atoms with Crippen LogP contribution < -0.4 is 5.32 Å². The number of nitrogens with zero attached hydrogens (tertiary/aromatic N) is 2. The minimum atomic E-state index is -3.87. The van der Waals surface area contributed by atoms with Crippen LogP contribution in [0.2, 0.25) is 5.02 Å². The highest BCUT2D eigenvalue weighted by Crippen LogP contribution is 2.18. The molecule has 1 N–H and O–H groups in total. The van der Waals surface area contributed by atoms with E-state index in [0.29, 0.717) is 5.02 Å². The van der Waals surface area contributed by atoms with Crippen molar-refractivity contribution >= 4 is 33.4 Å². The topological polar surface area (TPSA) is 86.8 Å². The third-order valence-electron chi connectivity index (χ3n) is 5.50. The molecular formula is C24H32ClN3O4S. The number of rotatable bonds is 10. The first-order valence-corrected chi connectivity index (χ1v) is 12.6. The standard InChI is InChI=1S/C24H32ClN3O4S/c1-6-18(3)26-24(30)19(4)28(15-20-8-7-9-21(25)14-20)23(29)16-27(5)33(31,32)22-12-10-17(2)11-13-22/h7-14,18-19H,6,15-16H2,1-5H3,(H,26,30)/t18-,19+/m1/s1. The van der Waals surface area contributed by atoms with Crippen LogP contribution in [0, 0.1) is 6.92 Å². The maximum atomic E-state index is 13.3. The van der Waals surface area contributed by atoms with Gasteiger partial charge in [-0.2, -0.15) is 4.31 Å². The minimum Gasteiger partial charge on any atom is -0.352 e. The Bertz CT molecular complexity index is 1070. The average Bonchev–Trinajstić information content (AvgIpc) is 2.77. The molecule has 7 nitrogen and oxygen atoms in total. The molecular weight excluding hydrogens is 462 g/mol. The smallest absolute Gasteiger partial charge is 0.243 e. The Kier molecular flexibility index (Phi) is 9.46. The van der Waals surface area contributed by atoms with Gasteiger partial charge in [-0.25, -0.2) is 8.42 Å². The van der Waals surface area contributed by atoms with Gasteiger partial charge in [0.2, 0.25) is 21.8 Å². The second kappa shape index (κ2) is 11.6. The van der Waals surface area contributed by atoms with Crippen LogP contribution in [0.3, 0.4) is 0 Å². The molecule has 0 fully saturated rings. The number of benzene rings is 2. The van der Waals surface area contributed by atoms with E-state index < -0.39 is 28.5 Å². The fourth-order valence-electron chi connectivity index (χ4n) is 3.14. The first-order valence-electron chi connectivity index (χ1n) is 10.8. The molecule has 0 saturated carbocycles. The molecule has 0 aliphatic rings. The Morgan fingerprint density at radius 3 is 2.30 bits per heavy atom. The van der Waals surface area contributed by atoms with E-state index in [9.17, 15) is 18.0 Å². The van der Waals surface area contributed by atoms with Gasteiger partial charge in [0.1, 0.15) is 6.04 Å². The molecule has 0 aromatic heterocycles. The summed E-state index contributed by atoms with van der Waals surface area (Å²) in [5.74, 6) is -0.788. The Labute approximate surface area is 201 Å². The highest BCUT2D eigenvalue weighted by Gasteiger charge is 2.30. The van der Waals surface area contributed by atoms with E-state index in [1.165, 1.54) is 24.1 Å². The second-order valence-electron chi connectivity index (χ2n) is 8.22. The molecule has 0 radical (unpaired) electrons. The molecule has 0 saturated heterocycles. The zero-order valence-electron chi connectivity index (χ0n) is 19.7. The summed E-state index contributed by atoms with van der Waals surface area (Å²) in [5.41, 5.74) is 1.67. The predicted molar refractivity (Wildman–Crippen MR) is 130 cm³/mol. The van der Waals surface area contributed by atoms with Crippen molar-refractivity contribution in [1.29, 1.82) is 0 Å². The van der Waals surface area contributed by atoms with E-state index in [2.05, 4.69) is 5.32 Å². The number of aryl methyl sites for hydroxylation is 1. The molecule has 2 aromatic carbocycles. The molecule has 0 heterocycles. The lowest BCUT2D eigenvalue weighted by atomic mass is 10.1. The Balaban J connectivity index is 2.27. The molecule has 2 aromatic rings. The third-order valence-corrected chi connectivity index (χ3v) is 7.55. The molecule has 0 spiro atoms. The number of hydrogen-bond donors (Lipinski definition) is 1. The van der Waals surface area contributed by atoms with Crippen molar-refractivity contribution in [2.45, 2.75) is 57.6 Å². The SMILES string of the molecule is CC[C@@H](C)NC(=O)[C@H](C)N(Cc1cccc(Cl)c1)C(=O)CN(C)S(=O)(=O)c1ccc(C)cc1. The van der Waals surface area contributed by atoms with Crippen LogP contribution in [0.5, 0.6) is 0 Å². The van der Waals surface area contributed by atoms with Crippen molar-refractivity contribution in [3.63, 3.8) is 0 Å².